The Hall–Kier alpha value is -3.51. The number of carbonyl (C=O) groups excluding carboxylic acids is 2. The highest BCUT2D eigenvalue weighted by Crippen LogP contribution is 2.31. The van der Waals surface area contributed by atoms with Gasteiger partial charge in [0, 0.05) is 5.56 Å². The number of rotatable bonds is 5. The van der Waals surface area contributed by atoms with E-state index in [9.17, 15) is 18.0 Å². The third-order valence-electron chi connectivity index (χ3n) is 4.68. The van der Waals surface area contributed by atoms with Gasteiger partial charge >= 0.3 is 5.97 Å². The molecule has 0 fully saturated rings. The van der Waals surface area contributed by atoms with Crippen LogP contribution >= 0.6 is 11.8 Å². The average molecular weight is 487 g/mol. The van der Waals surface area contributed by atoms with Gasteiger partial charge in [0.05, 0.1) is 23.5 Å². The summed E-state index contributed by atoms with van der Waals surface area (Å²) in [6.45, 7) is 3.50. The Morgan fingerprint density at radius 1 is 1.21 bits per heavy atom. The molecule has 3 heterocycles. The summed E-state index contributed by atoms with van der Waals surface area (Å²) in [6, 6.07) is 9.96. The van der Waals surface area contributed by atoms with Crippen LogP contribution in [0.5, 0.6) is 0 Å². The molecule has 2 aliphatic heterocycles. The number of nitrogens with zero attached hydrogens (tertiary/aromatic N) is 3. The molecule has 2 aliphatic rings. The predicted octanol–water partition coefficient (Wildman–Crippen LogP) is 3.13. The third kappa shape index (κ3) is 4.39. The molecule has 10 nitrogen and oxygen atoms in total. The largest absolute Gasteiger partial charge is 0.462 e. The smallest absolute Gasteiger partial charge is 0.338 e. The number of fused-ring (bicyclic) bond motifs is 1. The summed E-state index contributed by atoms with van der Waals surface area (Å²) in [7, 11) is -3.60. The van der Waals surface area contributed by atoms with E-state index in [1.807, 2.05) is 0 Å². The van der Waals surface area contributed by atoms with Gasteiger partial charge in [0.15, 0.2) is 5.84 Å². The molecule has 4 rings (SSSR count). The summed E-state index contributed by atoms with van der Waals surface area (Å²) in [5.41, 5.74) is 1.03. The molecule has 1 aromatic heterocycles. The van der Waals surface area contributed by atoms with Crippen LogP contribution in [0.1, 0.15) is 30.0 Å². The number of hydrogen-bond acceptors (Lipinski definition) is 9. The van der Waals surface area contributed by atoms with Gasteiger partial charge in [-0.2, -0.15) is 10.0 Å². The second-order valence-corrected chi connectivity index (χ2v) is 10.2. The van der Waals surface area contributed by atoms with E-state index >= 15 is 0 Å². The summed E-state index contributed by atoms with van der Waals surface area (Å²) in [6.07, 6.45) is 1.36. The second kappa shape index (κ2) is 8.79. The number of aliphatic imine (C=N–C) groups is 1. The van der Waals surface area contributed by atoms with Crippen LogP contribution < -0.4 is 0 Å². The van der Waals surface area contributed by atoms with E-state index < -0.39 is 21.7 Å². The first kappa shape index (κ1) is 22.7. The van der Waals surface area contributed by atoms with Crippen molar-refractivity contribution >= 4 is 54.9 Å². The van der Waals surface area contributed by atoms with Gasteiger partial charge in [0.2, 0.25) is 19.4 Å². The second-order valence-electron chi connectivity index (χ2n) is 6.79. The lowest BCUT2D eigenvalue weighted by atomic mass is 10.1. The Labute approximate surface area is 193 Å². The van der Waals surface area contributed by atoms with E-state index in [0.717, 1.165) is 16.8 Å². The van der Waals surface area contributed by atoms with Gasteiger partial charge < -0.3 is 9.15 Å². The van der Waals surface area contributed by atoms with E-state index in [1.165, 1.54) is 13.0 Å². The molecule has 0 atom stereocenters. The van der Waals surface area contributed by atoms with Crippen molar-refractivity contribution in [3.8, 4) is 11.3 Å². The fraction of sp³-hybridized carbons (Fsp3) is 0.190. The number of furan rings is 1. The molecule has 0 saturated heterocycles. The first-order chi connectivity index (χ1) is 15.7. The quantitative estimate of drug-likeness (QED) is 0.502. The van der Waals surface area contributed by atoms with E-state index in [-0.39, 0.29) is 33.3 Å². The highest BCUT2D eigenvalue weighted by molar-refractivity contribution is 8.42. The molecule has 0 bridgehead atoms. The number of benzene rings is 1. The minimum absolute atomic E-state index is 0.0241. The van der Waals surface area contributed by atoms with Gasteiger partial charge in [-0.25, -0.2) is 13.2 Å². The summed E-state index contributed by atoms with van der Waals surface area (Å²) >= 11 is 0.742. The van der Waals surface area contributed by atoms with Crippen molar-refractivity contribution in [2.75, 3.05) is 12.4 Å². The van der Waals surface area contributed by atoms with Gasteiger partial charge in [-0.1, -0.05) is 19.1 Å². The lowest BCUT2D eigenvalue weighted by Crippen LogP contribution is -2.35. The van der Waals surface area contributed by atoms with Gasteiger partial charge in [0.25, 0.3) is 5.91 Å². The lowest BCUT2D eigenvalue weighted by Gasteiger charge is -2.19. The highest BCUT2D eigenvalue weighted by Gasteiger charge is 2.39. The lowest BCUT2D eigenvalue weighted by molar-refractivity contribution is -0.114. The van der Waals surface area contributed by atoms with E-state index in [4.69, 9.17) is 14.6 Å². The number of hydrogen-bond donors (Lipinski definition) is 1. The first-order valence-electron chi connectivity index (χ1n) is 9.84. The van der Waals surface area contributed by atoms with Crippen LogP contribution in [0.25, 0.3) is 17.4 Å². The number of carbonyl (C=O) groups is 2. The topological polar surface area (TPSA) is 142 Å². The summed E-state index contributed by atoms with van der Waals surface area (Å²) in [5.74, 6) is -0.775. The molecule has 0 unspecified atom stereocenters. The Kier molecular flexibility index (Phi) is 6.04. The summed E-state index contributed by atoms with van der Waals surface area (Å²) in [4.78, 5) is 28.1. The highest BCUT2D eigenvalue weighted by atomic mass is 32.3. The third-order valence-corrected chi connectivity index (χ3v) is 7.76. The van der Waals surface area contributed by atoms with Crippen LogP contribution in [0.3, 0.4) is 0 Å². The molecule has 0 aliphatic carbocycles. The average Bonchev–Trinajstić information content (AvgIpc) is 3.45. The minimum atomic E-state index is -3.60. The van der Waals surface area contributed by atoms with Crippen molar-refractivity contribution < 1.29 is 27.2 Å². The number of amides is 1. The Morgan fingerprint density at radius 3 is 2.61 bits per heavy atom. The molecule has 1 N–H and O–H groups in total. The molecule has 170 valence electrons. The molecule has 0 radical (unpaired) electrons. The standard InChI is InChI=1S/C21H18N4O6S2/c1-3-30-19(27)13-7-5-12(6-8-13)16-10-9-14(31-16)11-15-17(22)25-20(23-18(15)26)32-21(24-25)33(28,29)4-2/h5-11,22H,3-4H2,1-2H3/b15-11-,22-17?. The van der Waals surface area contributed by atoms with Crippen LogP contribution in [0.4, 0.5) is 0 Å². The predicted molar refractivity (Wildman–Crippen MR) is 125 cm³/mol. The Morgan fingerprint density at radius 2 is 1.94 bits per heavy atom. The van der Waals surface area contributed by atoms with Crippen molar-refractivity contribution in [2.24, 2.45) is 10.1 Å². The fourth-order valence-corrected chi connectivity index (χ4v) is 5.10. The SMILES string of the molecule is CCOC(=O)c1ccc(-c2ccc(/C=C3/C(=N)N4N=C(S(=O)(=O)CC)SC4=NC3=O)o2)cc1. The first-order valence-corrected chi connectivity index (χ1v) is 12.3. The van der Waals surface area contributed by atoms with Crippen molar-refractivity contribution in [1.82, 2.24) is 5.01 Å². The van der Waals surface area contributed by atoms with E-state index in [2.05, 4.69) is 10.1 Å². The van der Waals surface area contributed by atoms with Crippen LogP contribution in [0, 0.1) is 5.41 Å². The number of hydrazone groups is 1. The molecule has 12 heteroatoms. The number of amidine groups is 2. The monoisotopic (exact) mass is 486 g/mol. The maximum atomic E-state index is 12.5. The van der Waals surface area contributed by atoms with Crippen molar-refractivity contribution in [3.05, 3.63) is 53.3 Å². The minimum Gasteiger partial charge on any atom is -0.462 e. The number of sulfone groups is 1. The van der Waals surface area contributed by atoms with Crippen LogP contribution in [0.15, 0.2) is 56.5 Å². The fourth-order valence-electron chi connectivity index (χ4n) is 2.94. The molecule has 1 amide bonds. The van der Waals surface area contributed by atoms with Crippen LogP contribution in [-0.4, -0.2) is 53.0 Å². The van der Waals surface area contributed by atoms with Gasteiger partial charge in [-0.3, -0.25) is 10.2 Å². The zero-order valence-corrected chi connectivity index (χ0v) is 19.2. The Balaban J connectivity index is 1.58. The maximum absolute atomic E-state index is 12.5. The summed E-state index contributed by atoms with van der Waals surface area (Å²) < 4.78 is 34.7. The van der Waals surface area contributed by atoms with Crippen molar-refractivity contribution in [3.63, 3.8) is 0 Å². The normalized spacial score (nSPS) is 17.2. The van der Waals surface area contributed by atoms with Crippen molar-refractivity contribution in [2.45, 2.75) is 13.8 Å². The number of thioether (sulfide) groups is 1. The molecular formula is C21H18N4O6S2. The summed E-state index contributed by atoms with van der Waals surface area (Å²) in [5, 5.41) is 13.3. The number of ether oxygens (including phenoxy) is 1. The van der Waals surface area contributed by atoms with E-state index in [0.29, 0.717) is 22.6 Å². The van der Waals surface area contributed by atoms with Crippen LogP contribution in [0.2, 0.25) is 0 Å². The van der Waals surface area contributed by atoms with Gasteiger partial charge in [-0.15, -0.1) is 5.10 Å². The zero-order chi connectivity index (χ0) is 23.8. The van der Waals surface area contributed by atoms with Gasteiger partial charge in [0.1, 0.15) is 11.5 Å². The number of nitrogens with one attached hydrogen (secondary N) is 1. The molecule has 0 saturated carbocycles. The number of esters is 1. The Bertz CT molecular complexity index is 1350. The van der Waals surface area contributed by atoms with Crippen LogP contribution in [-0.2, 0) is 19.4 Å². The maximum Gasteiger partial charge on any atom is 0.338 e. The van der Waals surface area contributed by atoms with Crippen molar-refractivity contribution in [1.29, 1.82) is 5.41 Å². The molecule has 1 aromatic carbocycles. The zero-order valence-electron chi connectivity index (χ0n) is 17.6. The van der Waals surface area contributed by atoms with E-state index in [1.54, 1.807) is 43.3 Å². The molecular weight excluding hydrogens is 468 g/mol. The molecule has 2 aromatic rings. The van der Waals surface area contributed by atoms with Gasteiger partial charge in [-0.05, 0) is 49.0 Å². The molecule has 33 heavy (non-hydrogen) atoms. The molecule has 0 spiro atoms.